The van der Waals surface area contributed by atoms with Crippen LogP contribution in [0.4, 0.5) is 10.1 Å². The van der Waals surface area contributed by atoms with Crippen LogP contribution in [-0.4, -0.2) is 25.2 Å². The van der Waals surface area contributed by atoms with Crippen LogP contribution >= 0.6 is 11.6 Å². The number of sulfonamides is 1. The minimum Gasteiger partial charge on any atom is -0.281 e. The smallest absolute Gasteiger partial charge is 0.281 e. The average Bonchev–Trinajstić information content (AvgIpc) is 2.83. The fourth-order valence-corrected chi connectivity index (χ4v) is 4.06. The lowest BCUT2D eigenvalue weighted by Gasteiger charge is -2.22. The predicted octanol–water partition coefficient (Wildman–Crippen LogP) is 2.81. The maximum Gasteiger partial charge on any atom is 0.283 e. The minimum atomic E-state index is -3.85. The molecule has 2 rings (SSSR count). The second kappa shape index (κ2) is 6.03. The second-order valence-electron chi connectivity index (χ2n) is 4.41. The first-order valence-electron chi connectivity index (χ1n) is 6.30. The quantitative estimate of drug-likeness (QED) is 0.857. The SMILES string of the molecule is CCN(c1ccc(F)cc1)S(=O)(=O)c1n[nH]c(C)c1CCl. The Morgan fingerprint density at radius 1 is 1.33 bits per heavy atom. The first-order valence-corrected chi connectivity index (χ1v) is 8.27. The topological polar surface area (TPSA) is 66.1 Å². The molecule has 0 aliphatic carbocycles. The molecule has 0 radical (unpaired) electrons. The highest BCUT2D eigenvalue weighted by atomic mass is 35.5. The summed E-state index contributed by atoms with van der Waals surface area (Å²) >= 11 is 5.81. The predicted molar refractivity (Wildman–Crippen MR) is 79.5 cm³/mol. The van der Waals surface area contributed by atoms with E-state index in [2.05, 4.69) is 10.2 Å². The van der Waals surface area contributed by atoms with Gasteiger partial charge in [-0.25, -0.2) is 4.39 Å². The number of hydrogen-bond donors (Lipinski definition) is 1. The van der Waals surface area contributed by atoms with Crippen LogP contribution < -0.4 is 4.31 Å². The lowest BCUT2D eigenvalue weighted by atomic mass is 10.3. The third-order valence-corrected chi connectivity index (χ3v) is 5.25. The van der Waals surface area contributed by atoms with E-state index in [-0.39, 0.29) is 17.5 Å². The van der Waals surface area contributed by atoms with Crippen molar-refractivity contribution in [2.24, 2.45) is 0 Å². The molecule has 8 heteroatoms. The van der Waals surface area contributed by atoms with Gasteiger partial charge in [-0.3, -0.25) is 9.40 Å². The lowest BCUT2D eigenvalue weighted by Crippen LogP contribution is -2.31. The highest BCUT2D eigenvalue weighted by Gasteiger charge is 2.29. The van der Waals surface area contributed by atoms with Crippen LogP contribution in [0.3, 0.4) is 0 Å². The van der Waals surface area contributed by atoms with E-state index >= 15 is 0 Å². The molecule has 1 N–H and O–H groups in total. The van der Waals surface area contributed by atoms with E-state index in [0.717, 1.165) is 4.31 Å². The number of alkyl halides is 1. The Balaban J connectivity index is 2.52. The molecule has 0 aliphatic rings. The van der Waals surface area contributed by atoms with Gasteiger partial charge in [0.1, 0.15) is 5.82 Å². The largest absolute Gasteiger partial charge is 0.283 e. The fraction of sp³-hybridized carbons (Fsp3) is 0.308. The van der Waals surface area contributed by atoms with Gasteiger partial charge in [0.2, 0.25) is 5.03 Å². The Morgan fingerprint density at radius 3 is 2.48 bits per heavy atom. The van der Waals surface area contributed by atoms with Gasteiger partial charge in [-0.2, -0.15) is 13.5 Å². The summed E-state index contributed by atoms with van der Waals surface area (Å²) in [5.41, 5.74) is 1.43. The Labute approximate surface area is 127 Å². The monoisotopic (exact) mass is 331 g/mol. The normalized spacial score (nSPS) is 11.6. The van der Waals surface area contributed by atoms with Crippen molar-refractivity contribution in [1.82, 2.24) is 10.2 Å². The molecule has 0 aliphatic heterocycles. The number of H-pyrrole nitrogens is 1. The summed E-state index contributed by atoms with van der Waals surface area (Å²) in [6.07, 6.45) is 0. The molecular weight excluding hydrogens is 317 g/mol. The second-order valence-corrected chi connectivity index (χ2v) is 6.46. The first-order chi connectivity index (χ1) is 9.91. The van der Waals surface area contributed by atoms with Crippen LogP contribution in [0.15, 0.2) is 29.3 Å². The number of benzene rings is 1. The molecule has 0 saturated heterocycles. The summed E-state index contributed by atoms with van der Waals surface area (Å²) in [7, 11) is -3.85. The van der Waals surface area contributed by atoms with E-state index in [1.807, 2.05) is 0 Å². The van der Waals surface area contributed by atoms with E-state index in [0.29, 0.717) is 16.9 Å². The molecule has 0 fully saturated rings. The molecule has 0 unspecified atom stereocenters. The van der Waals surface area contributed by atoms with Gasteiger partial charge in [0, 0.05) is 17.8 Å². The van der Waals surface area contributed by atoms with E-state index in [4.69, 9.17) is 11.6 Å². The van der Waals surface area contributed by atoms with Gasteiger partial charge in [0.05, 0.1) is 11.6 Å². The number of hydrogen-bond acceptors (Lipinski definition) is 3. The number of aromatic nitrogens is 2. The van der Waals surface area contributed by atoms with Gasteiger partial charge >= 0.3 is 0 Å². The van der Waals surface area contributed by atoms with Crippen molar-refractivity contribution in [1.29, 1.82) is 0 Å². The average molecular weight is 332 g/mol. The van der Waals surface area contributed by atoms with Crippen molar-refractivity contribution in [3.63, 3.8) is 0 Å². The Hall–Kier alpha value is -1.60. The van der Waals surface area contributed by atoms with Crippen LogP contribution in [0.5, 0.6) is 0 Å². The Bertz CT molecular complexity index is 728. The van der Waals surface area contributed by atoms with Crippen LogP contribution in [0.2, 0.25) is 0 Å². The van der Waals surface area contributed by atoms with Crippen molar-refractivity contribution in [2.45, 2.75) is 24.8 Å². The number of rotatable bonds is 5. The highest BCUT2D eigenvalue weighted by molar-refractivity contribution is 7.92. The van der Waals surface area contributed by atoms with Gasteiger partial charge in [0.15, 0.2) is 0 Å². The van der Waals surface area contributed by atoms with E-state index < -0.39 is 15.8 Å². The molecule has 0 amide bonds. The molecule has 0 saturated carbocycles. The maximum atomic E-state index is 13.0. The molecule has 2 aromatic rings. The third-order valence-electron chi connectivity index (χ3n) is 3.11. The van der Waals surface area contributed by atoms with E-state index in [1.165, 1.54) is 24.3 Å². The van der Waals surface area contributed by atoms with Crippen molar-refractivity contribution >= 4 is 27.3 Å². The lowest BCUT2D eigenvalue weighted by molar-refractivity contribution is 0.586. The number of nitrogens with one attached hydrogen (secondary N) is 1. The molecule has 5 nitrogen and oxygen atoms in total. The zero-order valence-electron chi connectivity index (χ0n) is 11.6. The van der Waals surface area contributed by atoms with Crippen molar-refractivity contribution < 1.29 is 12.8 Å². The van der Waals surface area contributed by atoms with E-state index in [1.54, 1.807) is 13.8 Å². The van der Waals surface area contributed by atoms with Gasteiger partial charge in [-0.1, -0.05) is 0 Å². The zero-order chi connectivity index (χ0) is 15.6. The summed E-state index contributed by atoms with van der Waals surface area (Å²) in [5, 5.41) is 6.39. The van der Waals surface area contributed by atoms with Crippen LogP contribution in [-0.2, 0) is 15.9 Å². The van der Waals surface area contributed by atoms with Crippen LogP contribution in [0, 0.1) is 12.7 Å². The summed E-state index contributed by atoms with van der Waals surface area (Å²) < 4.78 is 39.6. The van der Waals surface area contributed by atoms with Crippen molar-refractivity contribution in [3.05, 3.63) is 41.3 Å². The number of aryl methyl sites for hydroxylation is 1. The molecule has 0 atom stereocenters. The molecule has 1 aromatic heterocycles. The highest BCUT2D eigenvalue weighted by Crippen LogP contribution is 2.26. The first kappa shape index (κ1) is 15.8. The summed E-state index contributed by atoms with van der Waals surface area (Å²) in [6.45, 7) is 3.60. The molecule has 1 heterocycles. The third kappa shape index (κ3) is 2.89. The molecular formula is C13H15ClFN3O2S. The molecule has 0 bridgehead atoms. The summed E-state index contributed by atoms with van der Waals surface area (Å²) in [5.74, 6) is -0.387. The molecule has 21 heavy (non-hydrogen) atoms. The molecule has 114 valence electrons. The summed E-state index contributed by atoms with van der Waals surface area (Å²) in [4.78, 5) is 0. The van der Waals surface area contributed by atoms with Gasteiger partial charge in [-0.15, -0.1) is 11.6 Å². The minimum absolute atomic E-state index is 0.0396. The maximum absolute atomic E-state index is 13.0. The van der Waals surface area contributed by atoms with Gasteiger partial charge in [-0.05, 0) is 38.1 Å². The number of aromatic amines is 1. The number of anilines is 1. The molecule has 1 aromatic carbocycles. The van der Waals surface area contributed by atoms with Crippen molar-refractivity contribution in [2.75, 3.05) is 10.8 Å². The fourth-order valence-electron chi connectivity index (χ4n) is 2.00. The standard InChI is InChI=1S/C13H15ClFN3O2S/c1-3-18(11-6-4-10(15)5-7-11)21(19,20)13-12(8-14)9(2)16-17-13/h4-7H,3,8H2,1-2H3,(H,16,17). The van der Waals surface area contributed by atoms with Crippen LogP contribution in [0.25, 0.3) is 0 Å². The number of halogens is 2. The van der Waals surface area contributed by atoms with Gasteiger partial charge < -0.3 is 0 Å². The number of nitrogens with zero attached hydrogens (tertiary/aromatic N) is 2. The van der Waals surface area contributed by atoms with Crippen molar-refractivity contribution in [3.8, 4) is 0 Å². The van der Waals surface area contributed by atoms with Gasteiger partial charge in [0.25, 0.3) is 10.0 Å². The summed E-state index contributed by atoms with van der Waals surface area (Å²) in [6, 6.07) is 5.25. The molecule has 0 spiro atoms. The van der Waals surface area contributed by atoms with Crippen LogP contribution in [0.1, 0.15) is 18.2 Å². The zero-order valence-corrected chi connectivity index (χ0v) is 13.2. The Morgan fingerprint density at radius 2 is 1.95 bits per heavy atom. The van der Waals surface area contributed by atoms with E-state index in [9.17, 15) is 12.8 Å². The Kier molecular flexibility index (Phi) is 4.53.